The van der Waals surface area contributed by atoms with Gasteiger partial charge in [-0.15, -0.1) is 0 Å². The zero-order chi connectivity index (χ0) is 13.8. The summed E-state index contributed by atoms with van der Waals surface area (Å²) in [5, 5.41) is 7.57. The third kappa shape index (κ3) is 4.91. The summed E-state index contributed by atoms with van der Waals surface area (Å²) < 4.78 is 28.6. The maximum Gasteiger partial charge on any atom is 0.277 e. The van der Waals surface area contributed by atoms with Crippen molar-refractivity contribution in [2.24, 2.45) is 11.7 Å². The molecule has 1 atom stereocenters. The van der Waals surface area contributed by atoms with Crippen LogP contribution in [-0.4, -0.2) is 26.3 Å². The molecule has 0 saturated heterocycles. The highest BCUT2D eigenvalue weighted by molar-refractivity contribution is 7.87. The van der Waals surface area contributed by atoms with E-state index in [1.807, 2.05) is 0 Å². The Labute approximate surface area is 109 Å². The molecule has 1 rings (SSSR count). The molecule has 0 aromatic carbocycles. The number of hydrogen-bond acceptors (Lipinski definition) is 3. The predicted octanol–water partition coefficient (Wildman–Crippen LogP) is 0.704. The first-order chi connectivity index (χ1) is 8.32. The van der Waals surface area contributed by atoms with E-state index in [1.54, 1.807) is 13.8 Å². The Morgan fingerprint density at radius 2 is 1.78 bits per heavy atom. The van der Waals surface area contributed by atoms with E-state index in [1.165, 1.54) is 6.42 Å². The van der Waals surface area contributed by atoms with Crippen LogP contribution in [0.4, 0.5) is 0 Å². The van der Waals surface area contributed by atoms with Crippen molar-refractivity contribution in [3.63, 3.8) is 0 Å². The molecule has 1 saturated carbocycles. The van der Waals surface area contributed by atoms with Gasteiger partial charge in [0.15, 0.2) is 0 Å². The molecule has 1 aliphatic carbocycles. The van der Waals surface area contributed by atoms with E-state index in [2.05, 4.69) is 9.44 Å². The van der Waals surface area contributed by atoms with Crippen molar-refractivity contribution >= 4 is 16.0 Å². The fourth-order valence-corrected chi connectivity index (χ4v) is 3.73. The standard InChI is InChI=1S/C11H24N4O2S/c1-8(2)14-18(16,17)15-10(11(12)13)9-6-4-3-5-7-9/h8-10,14-15H,3-7H2,1-2H3,(H3,12,13). The summed E-state index contributed by atoms with van der Waals surface area (Å²) in [5.74, 6) is 0.0380. The third-order valence-corrected chi connectivity index (χ3v) is 4.48. The molecule has 0 spiro atoms. The second-order valence-corrected chi connectivity index (χ2v) is 6.70. The second-order valence-electron chi connectivity index (χ2n) is 5.22. The van der Waals surface area contributed by atoms with E-state index in [0.29, 0.717) is 0 Å². The molecule has 0 heterocycles. The highest BCUT2D eigenvalue weighted by Gasteiger charge is 2.29. The Bertz CT molecular complexity index is 375. The van der Waals surface area contributed by atoms with E-state index in [4.69, 9.17) is 11.1 Å². The lowest BCUT2D eigenvalue weighted by molar-refractivity contribution is 0.327. The zero-order valence-corrected chi connectivity index (χ0v) is 11.9. The lowest BCUT2D eigenvalue weighted by Crippen LogP contribution is -2.53. The van der Waals surface area contributed by atoms with Gasteiger partial charge in [-0.2, -0.15) is 17.9 Å². The Hall–Kier alpha value is -0.660. The topological polar surface area (TPSA) is 108 Å². The fraction of sp³-hybridized carbons (Fsp3) is 0.909. The molecule has 0 aliphatic heterocycles. The first kappa shape index (κ1) is 15.4. The normalized spacial score (nSPS) is 19.9. The molecule has 0 aromatic heterocycles. The Morgan fingerprint density at radius 3 is 2.22 bits per heavy atom. The van der Waals surface area contributed by atoms with Gasteiger partial charge in [-0.05, 0) is 32.6 Å². The van der Waals surface area contributed by atoms with Crippen molar-refractivity contribution in [2.45, 2.75) is 58.0 Å². The van der Waals surface area contributed by atoms with E-state index in [0.717, 1.165) is 25.7 Å². The molecule has 5 N–H and O–H groups in total. The zero-order valence-electron chi connectivity index (χ0n) is 11.1. The van der Waals surface area contributed by atoms with E-state index < -0.39 is 16.3 Å². The number of amidine groups is 1. The molecule has 106 valence electrons. The summed E-state index contributed by atoms with van der Waals surface area (Å²) in [6.45, 7) is 3.51. The third-order valence-electron chi connectivity index (χ3n) is 3.13. The fourth-order valence-electron chi connectivity index (χ4n) is 2.39. The first-order valence-corrected chi connectivity index (χ1v) is 7.93. The monoisotopic (exact) mass is 276 g/mol. The van der Waals surface area contributed by atoms with E-state index in [-0.39, 0.29) is 17.8 Å². The maximum absolute atomic E-state index is 11.8. The van der Waals surface area contributed by atoms with Crippen LogP contribution in [0.5, 0.6) is 0 Å². The van der Waals surface area contributed by atoms with Crippen molar-refractivity contribution in [3.05, 3.63) is 0 Å². The number of nitrogens with one attached hydrogen (secondary N) is 3. The van der Waals surface area contributed by atoms with Gasteiger partial charge in [0, 0.05) is 6.04 Å². The second kappa shape index (κ2) is 6.49. The lowest BCUT2D eigenvalue weighted by atomic mass is 9.84. The molecule has 0 radical (unpaired) electrons. The molecule has 6 nitrogen and oxygen atoms in total. The SMILES string of the molecule is CC(C)NS(=O)(=O)NC(C(=N)N)C1CCCCC1. The van der Waals surface area contributed by atoms with Crippen LogP contribution in [0.25, 0.3) is 0 Å². The molecular formula is C11H24N4O2S. The minimum absolute atomic E-state index is 0.101. The summed E-state index contributed by atoms with van der Waals surface area (Å²) in [7, 11) is -3.60. The van der Waals surface area contributed by atoms with Crippen LogP contribution in [0.1, 0.15) is 46.0 Å². The highest BCUT2D eigenvalue weighted by Crippen LogP contribution is 2.26. The van der Waals surface area contributed by atoms with Gasteiger partial charge in [-0.3, -0.25) is 5.41 Å². The Morgan fingerprint density at radius 1 is 1.22 bits per heavy atom. The lowest BCUT2D eigenvalue weighted by Gasteiger charge is -2.30. The highest BCUT2D eigenvalue weighted by atomic mass is 32.2. The smallest absolute Gasteiger partial charge is 0.277 e. The number of hydrogen-bond donors (Lipinski definition) is 4. The summed E-state index contributed by atoms with van der Waals surface area (Å²) in [5.41, 5.74) is 5.53. The average Bonchev–Trinajstić information content (AvgIpc) is 2.25. The number of rotatable bonds is 6. The van der Waals surface area contributed by atoms with Crippen molar-refractivity contribution in [1.82, 2.24) is 9.44 Å². The molecule has 1 unspecified atom stereocenters. The van der Waals surface area contributed by atoms with Crippen LogP contribution < -0.4 is 15.2 Å². The summed E-state index contributed by atoms with van der Waals surface area (Å²) in [6.07, 6.45) is 5.18. The number of nitrogens with two attached hydrogens (primary N) is 1. The van der Waals surface area contributed by atoms with Crippen molar-refractivity contribution in [1.29, 1.82) is 5.41 Å². The predicted molar refractivity (Wildman–Crippen MR) is 72.6 cm³/mol. The van der Waals surface area contributed by atoms with Crippen LogP contribution in [0.3, 0.4) is 0 Å². The Kier molecular flexibility index (Phi) is 5.55. The van der Waals surface area contributed by atoms with Crippen LogP contribution in [-0.2, 0) is 10.2 Å². The van der Waals surface area contributed by atoms with Gasteiger partial charge < -0.3 is 5.73 Å². The molecule has 0 bridgehead atoms. The van der Waals surface area contributed by atoms with Crippen LogP contribution in [0.15, 0.2) is 0 Å². The van der Waals surface area contributed by atoms with Crippen molar-refractivity contribution in [3.8, 4) is 0 Å². The minimum atomic E-state index is -3.60. The molecule has 0 amide bonds. The molecular weight excluding hydrogens is 252 g/mol. The van der Waals surface area contributed by atoms with Crippen LogP contribution in [0.2, 0.25) is 0 Å². The van der Waals surface area contributed by atoms with Crippen molar-refractivity contribution in [2.75, 3.05) is 0 Å². The van der Waals surface area contributed by atoms with Gasteiger partial charge in [0.05, 0.1) is 6.04 Å². The molecule has 18 heavy (non-hydrogen) atoms. The largest absolute Gasteiger partial charge is 0.386 e. The first-order valence-electron chi connectivity index (χ1n) is 6.45. The van der Waals surface area contributed by atoms with E-state index >= 15 is 0 Å². The van der Waals surface area contributed by atoms with Gasteiger partial charge in [0.2, 0.25) is 0 Å². The van der Waals surface area contributed by atoms with E-state index in [9.17, 15) is 8.42 Å². The Balaban J connectivity index is 2.71. The molecule has 7 heteroatoms. The molecule has 1 aliphatic rings. The average molecular weight is 276 g/mol. The summed E-state index contributed by atoms with van der Waals surface area (Å²) in [6, 6.07) is -0.761. The van der Waals surface area contributed by atoms with Gasteiger partial charge in [-0.25, -0.2) is 0 Å². The van der Waals surface area contributed by atoms with Crippen LogP contribution >= 0.6 is 0 Å². The van der Waals surface area contributed by atoms with Crippen LogP contribution in [0, 0.1) is 11.3 Å². The minimum Gasteiger partial charge on any atom is -0.386 e. The van der Waals surface area contributed by atoms with Gasteiger partial charge in [-0.1, -0.05) is 19.3 Å². The maximum atomic E-state index is 11.8. The molecule has 1 fully saturated rings. The quantitative estimate of drug-likeness (QED) is 0.423. The molecule has 0 aromatic rings. The summed E-state index contributed by atoms with van der Waals surface area (Å²) in [4.78, 5) is 0. The van der Waals surface area contributed by atoms with Gasteiger partial charge >= 0.3 is 0 Å². The van der Waals surface area contributed by atoms with Crippen molar-refractivity contribution < 1.29 is 8.42 Å². The summed E-state index contributed by atoms with van der Waals surface area (Å²) >= 11 is 0. The van der Waals surface area contributed by atoms with Gasteiger partial charge in [0.1, 0.15) is 5.84 Å². The van der Waals surface area contributed by atoms with Gasteiger partial charge in [0.25, 0.3) is 10.2 Å².